The van der Waals surface area contributed by atoms with E-state index in [2.05, 4.69) is 4.72 Å². The molecule has 0 aromatic heterocycles. The van der Waals surface area contributed by atoms with Gasteiger partial charge in [-0.2, -0.15) is 0 Å². The van der Waals surface area contributed by atoms with Crippen molar-refractivity contribution in [3.63, 3.8) is 0 Å². The lowest BCUT2D eigenvalue weighted by Gasteiger charge is -2.11. The van der Waals surface area contributed by atoms with Crippen LogP contribution in [0.5, 0.6) is 0 Å². The Balaban J connectivity index is 2.86. The van der Waals surface area contributed by atoms with Crippen LogP contribution in [0.3, 0.4) is 0 Å². The van der Waals surface area contributed by atoms with E-state index in [0.29, 0.717) is 17.5 Å². The molecule has 4 nitrogen and oxygen atoms in total. The van der Waals surface area contributed by atoms with Crippen molar-refractivity contribution in [1.82, 2.24) is 4.72 Å². The standard InChI is InChI=1S/C11H17ClN2O2S/c1-3-8(2)7-14-17(15,16)9-4-5-10(12)11(13)6-9/h4-6,8,14H,3,7,13H2,1-2H3. The van der Waals surface area contributed by atoms with Gasteiger partial charge >= 0.3 is 0 Å². The molecule has 0 aliphatic rings. The molecule has 1 atom stereocenters. The summed E-state index contributed by atoms with van der Waals surface area (Å²) in [4.78, 5) is 0.141. The van der Waals surface area contributed by atoms with Crippen molar-refractivity contribution in [3.05, 3.63) is 23.2 Å². The van der Waals surface area contributed by atoms with Crippen molar-refractivity contribution in [1.29, 1.82) is 0 Å². The number of benzene rings is 1. The van der Waals surface area contributed by atoms with Gasteiger partial charge in [0.1, 0.15) is 0 Å². The van der Waals surface area contributed by atoms with Crippen LogP contribution in [0.25, 0.3) is 0 Å². The molecule has 0 saturated heterocycles. The van der Waals surface area contributed by atoms with Crippen LogP contribution in [-0.4, -0.2) is 15.0 Å². The first-order chi connectivity index (χ1) is 7.86. The first kappa shape index (κ1) is 14.3. The zero-order chi connectivity index (χ0) is 13.1. The summed E-state index contributed by atoms with van der Waals surface area (Å²) in [6.07, 6.45) is 0.922. The monoisotopic (exact) mass is 276 g/mol. The lowest BCUT2D eigenvalue weighted by Crippen LogP contribution is -2.28. The number of nitrogens with one attached hydrogen (secondary N) is 1. The molecule has 0 aliphatic heterocycles. The van der Waals surface area contributed by atoms with Gasteiger partial charge in [0.2, 0.25) is 10.0 Å². The van der Waals surface area contributed by atoms with E-state index < -0.39 is 10.0 Å². The molecule has 0 aliphatic carbocycles. The second-order valence-electron chi connectivity index (χ2n) is 4.05. The van der Waals surface area contributed by atoms with Crippen LogP contribution in [0, 0.1) is 5.92 Å². The molecule has 6 heteroatoms. The van der Waals surface area contributed by atoms with Crippen LogP contribution >= 0.6 is 11.6 Å². The van der Waals surface area contributed by atoms with Gasteiger partial charge in [0.25, 0.3) is 0 Å². The predicted octanol–water partition coefficient (Wildman–Crippen LogP) is 2.25. The fraction of sp³-hybridized carbons (Fsp3) is 0.455. The van der Waals surface area contributed by atoms with Gasteiger partial charge in [-0.15, -0.1) is 0 Å². The molecule has 1 unspecified atom stereocenters. The Bertz CT molecular complexity index is 488. The van der Waals surface area contributed by atoms with E-state index >= 15 is 0 Å². The van der Waals surface area contributed by atoms with Crippen LogP contribution < -0.4 is 10.5 Å². The molecule has 0 fully saturated rings. The fourth-order valence-corrected chi connectivity index (χ4v) is 2.49. The summed E-state index contributed by atoms with van der Waals surface area (Å²) in [5.74, 6) is 0.300. The van der Waals surface area contributed by atoms with E-state index in [4.69, 9.17) is 17.3 Å². The van der Waals surface area contributed by atoms with Gasteiger partial charge in [0.05, 0.1) is 15.6 Å². The highest BCUT2D eigenvalue weighted by Crippen LogP contribution is 2.22. The molecule has 0 heterocycles. The summed E-state index contributed by atoms with van der Waals surface area (Å²) in [5, 5.41) is 0.353. The molecular weight excluding hydrogens is 260 g/mol. The summed E-state index contributed by atoms with van der Waals surface area (Å²) < 4.78 is 26.4. The summed E-state index contributed by atoms with van der Waals surface area (Å²) in [6.45, 7) is 4.42. The highest BCUT2D eigenvalue weighted by molar-refractivity contribution is 7.89. The molecule has 0 amide bonds. The third kappa shape index (κ3) is 3.87. The molecule has 1 rings (SSSR count). The Morgan fingerprint density at radius 2 is 2.12 bits per heavy atom. The van der Waals surface area contributed by atoms with Crippen LogP contribution in [0.15, 0.2) is 23.1 Å². The Labute approximate surface area is 107 Å². The lowest BCUT2D eigenvalue weighted by molar-refractivity contribution is 0.528. The SMILES string of the molecule is CCC(C)CNS(=O)(=O)c1ccc(Cl)c(N)c1. The average molecular weight is 277 g/mol. The van der Waals surface area contributed by atoms with Crippen molar-refractivity contribution in [2.24, 2.45) is 5.92 Å². The third-order valence-corrected chi connectivity index (χ3v) is 4.36. The number of rotatable bonds is 5. The summed E-state index contributed by atoms with van der Waals surface area (Å²) in [7, 11) is -3.49. The first-order valence-corrected chi connectivity index (χ1v) is 7.27. The fourth-order valence-electron chi connectivity index (χ4n) is 1.17. The van der Waals surface area contributed by atoms with Gasteiger partial charge in [-0.3, -0.25) is 0 Å². The molecule has 0 radical (unpaired) electrons. The largest absolute Gasteiger partial charge is 0.397 e. The number of nitrogen functional groups attached to an aromatic ring is 1. The molecule has 3 N–H and O–H groups in total. The van der Waals surface area contributed by atoms with Crippen LogP contribution in [0.4, 0.5) is 5.69 Å². The van der Waals surface area contributed by atoms with Gasteiger partial charge in [-0.25, -0.2) is 13.1 Å². The number of halogens is 1. The molecule has 0 saturated carbocycles. The Kier molecular flexibility index (Phi) is 4.80. The molecule has 96 valence electrons. The van der Waals surface area contributed by atoms with Crippen molar-refractivity contribution >= 4 is 27.3 Å². The van der Waals surface area contributed by atoms with Crippen molar-refractivity contribution in [3.8, 4) is 0 Å². The molecule has 0 bridgehead atoms. The molecule has 1 aromatic carbocycles. The van der Waals surface area contributed by atoms with Crippen LogP contribution in [0.1, 0.15) is 20.3 Å². The van der Waals surface area contributed by atoms with Gasteiger partial charge in [0, 0.05) is 6.54 Å². The Morgan fingerprint density at radius 3 is 2.65 bits per heavy atom. The summed E-state index contributed by atoms with van der Waals surface area (Å²) >= 11 is 5.74. The number of anilines is 1. The highest BCUT2D eigenvalue weighted by atomic mass is 35.5. The summed E-state index contributed by atoms with van der Waals surface area (Å²) in [6, 6.07) is 4.29. The lowest BCUT2D eigenvalue weighted by atomic mass is 10.1. The van der Waals surface area contributed by atoms with Crippen LogP contribution in [-0.2, 0) is 10.0 Å². The minimum Gasteiger partial charge on any atom is -0.397 e. The maximum Gasteiger partial charge on any atom is 0.240 e. The molecular formula is C11H17ClN2O2S. The van der Waals surface area contributed by atoms with E-state index in [0.717, 1.165) is 6.42 Å². The second-order valence-corrected chi connectivity index (χ2v) is 6.22. The normalized spacial score (nSPS) is 13.6. The van der Waals surface area contributed by atoms with E-state index in [1.807, 2.05) is 13.8 Å². The first-order valence-electron chi connectivity index (χ1n) is 5.41. The van der Waals surface area contributed by atoms with Crippen LogP contribution in [0.2, 0.25) is 5.02 Å². The van der Waals surface area contributed by atoms with Crippen molar-refractivity contribution in [2.45, 2.75) is 25.2 Å². The number of hydrogen-bond donors (Lipinski definition) is 2. The van der Waals surface area contributed by atoms with Gasteiger partial charge in [-0.05, 0) is 24.1 Å². The number of nitrogens with two attached hydrogens (primary N) is 1. The number of hydrogen-bond acceptors (Lipinski definition) is 3. The van der Waals surface area contributed by atoms with E-state index in [9.17, 15) is 8.42 Å². The van der Waals surface area contributed by atoms with Crippen molar-refractivity contribution in [2.75, 3.05) is 12.3 Å². The number of sulfonamides is 1. The third-order valence-electron chi connectivity index (χ3n) is 2.60. The summed E-state index contributed by atoms with van der Waals surface area (Å²) in [5.41, 5.74) is 5.84. The molecule has 1 aromatic rings. The molecule has 0 spiro atoms. The Hall–Kier alpha value is -0.780. The van der Waals surface area contributed by atoms with E-state index in [1.54, 1.807) is 0 Å². The maximum absolute atomic E-state index is 11.9. The zero-order valence-electron chi connectivity index (χ0n) is 9.90. The zero-order valence-corrected chi connectivity index (χ0v) is 11.5. The highest BCUT2D eigenvalue weighted by Gasteiger charge is 2.15. The second kappa shape index (κ2) is 5.71. The Morgan fingerprint density at radius 1 is 1.47 bits per heavy atom. The quantitative estimate of drug-likeness (QED) is 0.810. The van der Waals surface area contributed by atoms with E-state index in [1.165, 1.54) is 18.2 Å². The van der Waals surface area contributed by atoms with Gasteiger partial charge in [0.15, 0.2) is 0 Å². The maximum atomic E-state index is 11.9. The van der Waals surface area contributed by atoms with Gasteiger partial charge < -0.3 is 5.73 Å². The van der Waals surface area contributed by atoms with E-state index in [-0.39, 0.29) is 10.6 Å². The topological polar surface area (TPSA) is 72.2 Å². The molecule has 17 heavy (non-hydrogen) atoms. The van der Waals surface area contributed by atoms with Gasteiger partial charge in [-0.1, -0.05) is 31.9 Å². The predicted molar refractivity (Wildman–Crippen MR) is 70.5 cm³/mol. The minimum atomic E-state index is -3.49. The average Bonchev–Trinajstić information content (AvgIpc) is 2.29. The minimum absolute atomic E-state index is 0.141. The van der Waals surface area contributed by atoms with Crippen molar-refractivity contribution < 1.29 is 8.42 Å². The smallest absolute Gasteiger partial charge is 0.240 e.